The lowest BCUT2D eigenvalue weighted by atomic mass is 10.1. The van der Waals surface area contributed by atoms with Gasteiger partial charge in [-0.3, -0.25) is 9.20 Å². The van der Waals surface area contributed by atoms with Crippen LogP contribution in [-0.2, 0) is 16.6 Å². The Labute approximate surface area is 143 Å². The van der Waals surface area contributed by atoms with Crippen LogP contribution in [0.5, 0.6) is 0 Å². The summed E-state index contributed by atoms with van der Waals surface area (Å²) in [5.74, 6) is 1.65. The fourth-order valence-corrected chi connectivity index (χ4v) is 3.31. The number of rotatable bonds is 12. The van der Waals surface area contributed by atoms with E-state index in [-0.39, 0.29) is 0 Å². The van der Waals surface area contributed by atoms with Crippen LogP contribution < -0.4 is 11.1 Å². The molecule has 5 heteroatoms. The highest BCUT2D eigenvalue weighted by Crippen LogP contribution is 2.04. The maximum absolute atomic E-state index is 12.0. The van der Waals surface area contributed by atoms with Crippen LogP contribution in [0.25, 0.3) is 0 Å². The van der Waals surface area contributed by atoms with Crippen molar-refractivity contribution in [1.29, 1.82) is 0 Å². The molecule has 0 saturated carbocycles. The molecule has 0 spiro atoms. The highest BCUT2D eigenvalue weighted by molar-refractivity contribution is 7.84. The van der Waals surface area contributed by atoms with Gasteiger partial charge < -0.3 is 11.1 Å². The van der Waals surface area contributed by atoms with E-state index in [0.717, 1.165) is 18.5 Å². The molecular weight excluding hydrogens is 306 g/mol. The molecule has 0 fully saturated rings. The lowest BCUT2D eigenvalue weighted by molar-refractivity contribution is 0.611. The number of nitrogens with zero attached hydrogens (tertiary/aromatic N) is 1. The van der Waals surface area contributed by atoms with E-state index >= 15 is 0 Å². The van der Waals surface area contributed by atoms with Gasteiger partial charge in [0.05, 0.1) is 0 Å². The number of unbranched alkanes of at least 4 members (excludes halogenated alkanes) is 5. The molecule has 0 aliphatic heterocycles. The Morgan fingerprint density at radius 3 is 2.57 bits per heavy atom. The largest absolute Gasteiger partial charge is 0.370 e. The summed E-state index contributed by atoms with van der Waals surface area (Å²) in [4.78, 5) is 4.31. The van der Waals surface area contributed by atoms with Gasteiger partial charge in [-0.1, -0.05) is 69.4 Å². The van der Waals surface area contributed by atoms with Gasteiger partial charge >= 0.3 is 0 Å². The third-order valence-electron chi connectivity index (χ3n) is 3.60. The van der Waals surface area contributed by atoms with Crippen molar-refractivity contribution in [2.75, 3.05) is 18.8 Å². The third-order valence-corrected chi connectivity index (χ3v) is 4.91. The number of aliphatic imine (C=N–C) groups is 1. The molecule has 0 aliphatic rings. The molecule has 0 saturated heterocycles. The van der Waals surface area contributed by atoms with Gasteiger partial charge in [0.2, 0.25) is 0 Å². The Bertz CT molecular complexity index is 463. The first-order valence-corrected chi connectivity index (χ1v) is 10.1. The molecule has 0 aliphatic carbocycles. The smallest absolute Gasteiger partial charge is 0.188 e. The van der Waals surface area contributed by atoms with Crippen LogP contribution in [0.2, 0.25) is 0 Å². The Hall–Kier alpha value is -1.36. The second kappa shape index (κ2) is 13.1. The Balaban J connectivity index is 2.05. The molecule has 3 N–H and O–H groups in total. The van der Waals surface area contributed by atoms with E-state index in [4.69, 9.17) is 5.73 Å². The predicted octanol–water partition coefficient (Wildman–Crippen LogP) is 3.20. The fourth-order valence-electron chi connectivity index (χ4n) is 2.27. The molecule has 23 heavy (non-hydrogen) atoms. The van der Waals surface area contributed by atoms with Gasteiger partial charge in [0.25, 0.3) is 0 Å². The Morgan fingerprint density at radius 2 is 1.83 bits per heavy atom. The number of benzene rings is 1. The second-order valence-electron chi connectivity index (χ2n) is 5.74. The van der Waals surface area contributed by atoms with Crippen molar-refractivity contribution >= 4 is 16.8 Å². The summed E-state index contributed by atoms with van der Waals surface area (Å²) in [5, 5.41) is 3.05. The number of nitrogens with two attached hydrogens (primary N) is 1. The minimum atomic E-state index is -0.873. The van der Waals surface area contributed by atoms with E-state index in [1.165, 1.54) is 32.1 Å². The van der Waals surface area contributed by atoms with E-state index in [0.29, 0.717) is 24.0 Å². The van der Waals surface area contributed by atoms with Gasteiger partial charge in [-0.05, 0) is 12.0 Å². The lowest BCUT2D eigenvalue weighted by Gasteiger charge is -2.06. The summed E-state index contributed by atoms with van der Waals surface area (Å²) in [6, 6.07) is 9.91. The standard InChI is InChI=1S/C18H31N3OS/c1-2-3-4-5-6-10-13-20-18(19)21-14-15-23(22)16-17-11-8-7-9-12-17/h7-9,11-12H,2-6,10,13-16H2,1H3,(H3,19,20,21). The van der Waals surface area contributed by atoms with E-state index in [2.05, 4.69) is 17.2 Å². The molecule has 1 aromatic rings. The van der Waals surface area contributed by atoms with Gasteiger partial charge in [-0.2, -0.15) is 0 Å². The zero-order valence-electron chi connectivity index (χ0n) is 14.3. The SMILES string of the molecule is CCCCCCCCN=C(N)NCCS(=O)Cc1ccccc1. The van der Waals surface area contributed by atoms with Crippen molar-refractivity contribution in [2.45, 2.75) is 51.2 Å². The van der Waals surface area contributed by atoms with E-state index < -0.39 is 10.8 Å². The number of hydrogen-bond acceptors (Lipinski definition) is 2. The number of nitrogens with one attached hydrogen (secondary N) is 1. The van der Waals surface area contributed by atoms with Crippen molar-refractivity contribution < 1.29 is 4.21 Å². The third kappa shape index (κ3) is 10.9. The lowest BCUT2D eigenvalue weighted by Crippen LogP contribution is -2.34. The first kappa shape index (κ1) is 19.7. The van der Waals surface area contributed by atoms with Crippen molar-refractivity contribution in [3.05, 3.63) is 35.9 Å². The van der Waals surface area contributed by atoms with E-state index in [1.54, 1.807) is 0 Å². The first-order valence-electron chi connectivity index (χ1n) is 8.65. The molecule has 4 nitrogen and oxygen atoms in total. The predicted molar refractivity (Wildman–Crippen MR) is 101 cm³/mol. The maximum atomic E-state index is 12.0. The Morgan fingerprint density at radius 1 is 1.13 bits per heavy atom. The topological polar surface area (TPSA) is 67.5 Å². The number of guanidine groups is 1. The highest BCUT2D eigenvalue weighted by atomic mass is 32.2. The minimum absolute atomic E-state index is 0.468. The zero-order valence-corrected chi connectivity index (χ0v) is 15.1. The molecule has 0 amide bonds. The average molecular weight is 338 g/mol. The molecule has 130 valence electrons. The quantitative estimate of drug-likeness (QED) is 0.350. The molecule has 1 atom stereocenters. The van der Waals surface area contributed by atoms with Crippen LogP contribution in [-0.4, -0.2) is 29.0 Å². The summed E-state index contributed by atoms with van der Waals surface area (Å²) < 4.78 is 12.0. The summed E-state index contributed by atoms with van der Waals surface area (Å²) in [5.41, 5.74) is 6.92. The molecule has 0 bridgehead atoms. The van der Waals surface area contributed by atoms with Gasteiger partial charge in [0.15, 0.2) is 5.96 Å². The highest BCUT2D eigenvalue weighted by Gasteiger charge is 2.01. The van der Waals surface area contributed by atoms with Gasteiger partial charge in [0.1, 0.15) is 0 Å². The van der Waals surface area contributed by atoms with E-state index in [9.17, 15) is 4.21 Å². The fraction of sp³-hybridized carbons (Fsp3) is 0.611. The molecular formula is C18H31N3OS. The van der Waals surface area contributed by atoms with Crippen LogP contribution in [0.3, 0.4) is 0 Å². The van der Waals surface area contributed by atoms with Gasteiger partial charge in [0, 0.05) is 35.4 Å². The van der Waals surface area contributed by atoms with E-state index in [1.807, 2.05) is 30.3 Å². The Kier molecular flexibility index (Phi) is 11.2. The van der Waals surface area contributed by atoms with Crippen molar-refractivity contribution in [2.24, 2.45) is 10.7 Å². The molecule has 1 rings (SSSR count). The molecule has 0 aromatic heterocycles. The van der Waals surface area contributed by atoms with Gasteiger partial charge in [-0.15, -0.1) is 0 Å². The van der Waals surface area contributed by atoms with Crippen molar-refractivity contribution in [1.82, 2.24) is 5.32 Å². The summed E-state index contributed by atoms with van der Waals surface area (Å²) in [6.45, 7) is 3.60. The minimum Gasteiger partial charge on any atom is -0.370 e. The maximum Gasteiger partial charge on any atom is 0.188 e. The first-order chi connectivity index (χ1) is 11.2. The van der Waals surface area contributed by atoms with Crippen molar-refractivity contribution in [3.8, 4) is 0 Å². The van der Waals surface area contributed by atoms with Gasteiger partial charge in [-0.25, -0.2) is 0 Å². The van der Waals surface area contributed by atoms with Crippen LogP contribution >= 0.6 is 0 Å². The molecule has 0 radical (unpaired) electrons. The summed E-state index contributed by atoms with van der Waals surface area (Å²) >= 11 is 0. The average Bonchev–Trinajstić information content (AvgIpc) is 2.55. The normalized spacial score (nSPS) is 13.0. The summed E-state index contributed by atoms with van der Waals surface area (Å²) in [6.07, 6.45) is 7.52. The van der Waals surface area contributed by atoms with Crippen LogP contribution in [0, 0.1) is 0 Å². The van der Waals surface area contributed by atoms with Crippen LogP contribution in [0.4, 0.5) is 0 Å². The monoisotopic (exact) mass is 337 g/mol. The van der Waals surface area contributed by atoms with Crippen molar-refractivity contribution in [3.63, 3.8) is 0 Å². The summed E-state index contributed by atoms with van der Waals surface area (Å²) in [7, 11) is -0.873. The molecule has 0 heterocycles. The van der Waals surface area contributed by atoms with Crippen LogP contribution in [0.1, 0.15) is 51.0 Å². The molecule has 1 aromatic carbocycles. The zero-order chi connectivity index (χ0) is 16.8. The number of hydrogen-bond donors (Lipinski definition) is 2. The second-order valence-corrected chi connectivity index (χ2v) is 7.31. The van der Waals surface area contributed by atoms with Crippen LogP contribution in [0.15, 0.2) is 35.3 Å². The molecule has 1 unspecified atom stereocenters.